The molecule has 1 aromatic heterocycles. The van der Waals surface area contributed by atoms with Gasteiger partial charge in [-0.1, -0.05) is 18.2 Å². The van der Waals surface area contributed by atoms with Crippen molar-refractivity contribution < 1.29 is 10.2 Å². The van der Waals surface area contributed by atoms with E-state index in [1.165, 1.54) is 10.9 Å². The lowest BCUT2D eigenvalue weighted by Gasteiger charge is -2.07. The van der Waals surface area contributed by atoms with Gasteiger partial charge in [0.1, 0.15) is 0 Å². The van der Waals surface area contributed by atoms with Crippen LogP contribution in [0.4, 0.5) is 0 Å². The zero-order chi connectivity index (χ0) is 11.4. The molecule has 0 aliphatic rings. The van der Waals surface area contributed by atoms with E-state index in [-0.39, 0.29) is 6.61 Å². The van der Waals surface area contributed by atoms with Crippen LogP contribution in [0.25, 0.3) is 10.9 Å². The van der Waals surface area contributed by atoms with Crippen LogP contribution in [0.5, 0.6) is 0 Å². The van der Waals surface area contributed by atoms with Gasteiger partial charge in [-0.15, -0.1) is 0 Å². The largest absolute Gasteiger partial charge is 0.394 e. The monoisotopic (exact) mass is 220 g/mol. The molecule has 1 unspecified atom stereocenters. The minimum atomic E-state index is -0.690. The van der Waals surface area contributed by atoms with Crippen molar-refractivity contribution in [2.45, 2.75) is 12.6 Å². The number of benzene rings is 1. The molecule has 1 heterocycles. The molecule has 0 aliphatic heterocycles. The first kappa shape index (κ1) is 11.1. The number of nitrogens with one attached hydrogen (secondary N) is 2. The van der Waals surface area contributed by atoms with Crippen LogP contribution >= 0.6 is 0 Å². The predicted octanol–water partition coefficient (Wildman–Crippen LogP) is 0.611. The molecular formula is C12H16N2O2. The number of aromatic nitrogens is 1. The Labute approximate surface area is 93.9 Å². The third-order valence-corrected chi connectivity index (χ3v) is 2.58. The minimum absolute atomic E-state index is 0.207. The molecule has 0 aliphatic carbocycles. The topological polar surface area (TPSA) is 68.3 Å². The maximum absolute atomic E-state index is 9.18. The molecule has 0 amide bonds. The van der Waals surface area contributed by atoms with Gasteiger partial charge in [0, 0.05) is 30.2 Å². The molecule has 4 heteroatoms. The van der Waals surface area contributed by atoms with Crippen LogP contribution in [0.15, 0.2) is 30.5 Å². The fourth-order valence-corrected chi connectivity index (χ4v) is 1.72. The first-order valence-corrected chi connectivity index (χ1v) is 5.36. The van der Waals surface area contributed by atoms with Crippen molar-refractivity contribution in [2.75, 3.05) is 13.2 Å². The average molecular weight is 220 g/mol. The molecule has 1 atom stereocenters. The highest BCUT2D eigenvalue weighted by Crippen LogP contribution is 2.16. The zero-order valence-corrected chi connectivity index (χ0v) is 8.98. The third-order valence-electron chi connectivity index (χ3n) is 2.58. The van der Waals surface area contributed by atoms with Gasteiger partial charge in [0.2, 0.25) is 0 Å². The van der Waals surface area contributed by atoms with E-state index in [4.69, 9.17) is 5.11 Å². The van der Waals surface area contributed by atoms with Gasteiger partial charge < -0.3 is 20.5 Å². The maximum Gasteiger partial charge on any atom is 0.0895 e. The van der Waals surface area contributed by atoms with Crippen molar-refractivity contribution in [3.63, 3.8) is 0 Å². The van der Waals surface area contributed by atoms with Crippen LogP contribution < -0.4 is 5.32 Å². The van der Waals surface area contributed by atoms with Crippen molar-refractivity contribution in [1.82, 2.24) is 10.3 Å². The Hall–Kier alpha value is -1.36. The lowest BCUT2D eigenvalue weighted by molar-refractivity contribution is 0.0942. The molecule has 0 radical (unpaired) electrons. The lowest BCUT2D eigenvalue weighted by Crippen LogP contribution is -2.28. The summed E-state index contributed by atoms with van der Waals surface area (Å²) in [5, 5.41) is 22.1. The van der Waals surface area contributed by atoms with Crippen molar-refractivity contribution in [1.29, 1.82) is 0 Å². The summed E-state index contributed by atoms with van der Waals surface area (Å²) in [7, 11) is 0. The minimum Gasteiger partial charge on any atom is -0.394 e. The van der Waals surface area contributed by atoms with Crippen LogP contribution in [0, 0.1) is 0 Å². The highest BCUT2D eigenvalue weighted by Gasteiger charge is 2.04. The summed E-state index contributed by atoms with van der Waals surface area (Å²) in [6.07, 6.45) is 1.27. The number of aliphatic hydroxyl groups is 2. The van der Waals surface area contributed by atoms with E-state index in [1.807, 2.05) is 24.4 Å². The summed E-state index contributed by atoms with van der Waals surface area (Å²) in [6.45, 7) is 0.873. The molecule has 0 bridgehead atoms. The SMILES string of the molecule is OCC(O)CNCc1c[nH]c2ccccc12. The number of hydrogen-bond donors (Lipinski definition) is 4. The van der Waals surface area contributed by atoms with E-state index in [1.54, 1.807) is 0 Å². The summed E-state index contributed by atoms with van der Waals surface area (Å²) in [6, 6.07) is 8.08. The Morgan fingerprint density at radius 1 is 1.31 bits per heavy atom. The summed E-state index contributed by atoms with van der Waals surface area (Å²) in [5.41, 5.74) is 2.28. The van der Waals surface area contributed by atoms with Crippen LogP contribution in [-0.4, -0.2) is 34.5 Å². The summed E-state index contributed by atoms with van der Waals surface area (Å²) < 4.78 is 0. The van der Waals surface area contributed by atoms with E-state index in [0.29, 0.717) is 13.1 Å². The summed E-state index contributed by atoms with van der Waals surface area (Å²) >= 11 is 0. The van der Waals surface area contributed by atoms with E-state index < -0.39 is 6.10 Å². The van der Waals surface area contributed by atoms with Crippen LogP contribution in [0.2, 0.25) is 0 Å². The van der Waals surface area contributed by atoms with E-state index in [9.17, 15) is 5.11 Å². The van der Waals surface area contributed by atoms with Gasteiger partial charge in [0.15, 0.2) is 0 Å². The average Bonchev–Trinajstić information content (AvgIpc) is 2.73. The van der Waals surface area contributed by atoms with Crippen molar-refractivity contribution in [3.05, 3.63) is 36.0 Å². The van der Waals surface area contributed by atoms with E-state index in [2.05, 4.69) is 16.4 Å². The molecule has 2 rings (SSSR count). The van der Waals surface area contributed by atoms with Crippen molar-refractivity contribution >= 4 is 10.9 Å². The van der Waals surface area contributed by atoms with Gasteiger partial charge in [-0.25, -0.2) is 0 Å². The van der Waals surface area contributed by atoms with Crippen molar-refractivity contribution in [2.24, 2.45) is 0 Å². The smallest absolute Gasteiger partial charge is 0.0895 e. The first-order chi connectivity index (χ1) is 7.81. The van der Waals surface area contributed by atoms with Crippen LogP contribution in [-0.2, 0) is 6.54 Å². The molecule has 2 aromatic rings. The summed E-state index contributed by atoms with van der Waals surface area (Å²) in [5.74, 6) is 0. The number of H-pyrrole nitrogens is 1. The predicted molar refractivity (Wildman–Crippen MR) is 63.1 cm³/mol. The standard InChI is InChI=1S/C12H16N2O2/c15-8-10(16)7-13-5-9-6-14-12-4-2-1-3-11(9)12/h1-4,6,10,13-16H,5,7-8H2. The second-order valence-corrected chi connectivity index (χ2v) is 3.83. The molecular weight excluding hydrogens is 204 g/mol. The molecule has 4 N–H and O–H groups in total. The van der Waals surface area contributed by atoms with Gasteiger partial charge in [-0.05, 0) is 11.6 Å². The van der Waals surface area contributed by atoms with Gasteiger partial charge in [-0.3, -0.25) is 0 Å². The number of hydrogen-bond acceptors (Lipinski definition) is 3. The van der Waals surface area contributed by atoms with Gasteiger partial charge in [0.05, 0.1) is 12.7 Å². The van der Waals surface area contributed by atoms with E-state index >= 15 is 0 Å². The molecule has 86 valence electrons. The zero-order valence-electron chi connectivity index (χ0n) is 8.98. The Kier molecular flexibility index (Phi) is 3.56. The Morgan fingerprint density at radius 2 is 2.12 bits per heavy atom. The highest BCUT2D eigenvalue weighted by molar-refractivity contribution is 5.82. The lowest BCUT2D eigenvalue weighted by atomic mass is 10.2. The Balaban J connectivity index is 1.99. The molecule has 1 aromatic carbocycles. The van der Waals surface area contributed by atoms with Gasteiger partial charge in [0.25, 0.3) is 0 Å². The third kappa shape index (κ3) is 2.41. The number of aliphatic hydroxyl groups excluding tert-OH is 2. The maximum atomic E-state index is 9.18. The molecule has 16 heavy (non-hydrogen) atoms. The van der Waals surface area contributed by atoms with E-state index in [0.717, 1.165) is 5.52 Å². The highest BCUT2D eigenvalue weighted by atomic mass is 16.3. The fourth-order valence-electron chi connectivity index (χ4n) is 1.72. The summed E-state index contributed by atoms with van der Waals surface area (Å²) in [4.78, 5) is 3.19. The Bertz CT molecular complexity index is 453. The second kappa shape index (κ2) is 5.12. The molecule has 4 nitrogen and oxygen atoms in total. The van der Waals surface area contributed by atoms with Crippen LogP contribution in [0.1, 0.15) is 5.56 Å². The number of fused-ring (bicyclic) bond motifs is 1. The van der Waals surface area contributed by atoms with Crippen molar-refractivity contribution in [3.8, 4) is 0 Å². The second-order valence-electron chi connectivity index (χ2n) is 3.83. The number of para-hydroxylation sites is 1. The number of aromatic amines is 1. The molecule has 0 spiro atoms. The quantitative estimate of drug-likeness (QED) is 0.597. The van der Waals surface area contributed by atoms with Gasteiger partial charge in [-0.2, -0.15) is 0 Å². The van der Waals surface area contributed by atoms with Crippen LogP contribution in [0.3, 0.4) is 0 Å². The Morgan fingerprint density at radius 3 is 2.94 bits per heavy atom. The first-order valence-electron chi connectivity index (χ1n) is 5.36. The fraction of sp³-hybridized carbons (Fsp3) is 0.333. The molecule has 0 saturated heterocycles. The normalized spacial score (nSPS) is 13.1. The number of rotatable bonds is 5. The molecule has 0 saturated carbocycles. The van der Waals surface area contributed by atoms with Gasteiger partial charge >= 0.3 is 0 Å². The molecule has 0 fully saturated rings.